The standard InChI is InChI=1S/C20H22N4O/c1-22-11-12-23(14-19(22)16-7-3-2-4-8-16)20(25)15-24-13-17-9-5-6-10-18(17)21-24/h2-10,13,19H,11-12,14-15H2,1H3. The summed E-state index contributed by atoms with van der Waals surface area (Å²) in [5.41, 5.74) is 2.18. The molecule has 25 heavy (non-hydrogen) atoms. The molecule has 0 aliphatic carbocycles. The van der Waals surface area contributed by atoms with E-state index in [1.54, 1.807) is 4.68 Å². The average molecular weight is 334 g/mol. The van der Waals surface area contributed by atoms with Crippen LogP contribution in [-0.4, -0.2) is 52.2 Å². The topological polar surface area (TPSA) is 41.4 Å². The SMILES string of the molecule is CN1CCN(C(=O)Cn2cc3ccccc3n2)CC1c1ccccc1. The van der Waals surface area contributed by atoms with Crippen LogP contribution in [-0.2, 0) is 11.3 Å². The molecule has 2 heterocycles. The summed E-state index contributed by atoms with van der Waals surface area (Å²) in [5.74, 6) is 0.127. The van der Waals surface area contributed by atoms with Gasteiger partial charge in [0.25, 0.3) is 0 Å². The van der Waals surface area contributed by atoms with Crippen LogP contribution in [0, 0.1) is 0 Å². The minimum absolute atomic E-state index is 0.127. The Hall–Kier alpha value is -2.66. The highest BCUT2D eigenvalue weighted by atomic mass is 16.2. The third-order valence-electron chi connectivity index (χ3n) is 4.94. The zero-order valence-electron chi connectivity index (χ0n) is 14.4. The van der Waals surface area contributed by atoms with Gasteiger partial charge in [-0.2, -0.15) is 5.10 Å². The first-order chi connectivity index (χ1) is 12.2. The molecule has 0 spiro atoms. The number of benzene rings is 2. The maximum Gasteiger partial charge on any atom is 0.244 e. The Morgan fingerprint density at radius 1 is 1.08 bits per heavy atom. The molecule has 1 saturated heterocycles. The van der Waals surface area contributed by atoms with E-state index in [1.165, 1.54) is 5.56 Å². The van der Waals surface area contributed by atoms with E-state index in [4.69, 9.17) is 0 Å². The number of nitrogens with zero attached hydrogens (tertiary/aromatic N) is 4. The number of hydrogen-bond donors (Lipinski definition) is 0. The number of fused-ring (bicyclic) bond motifs is 1. The molecule has 0 saturated carbocycles. The van der Waals surface area contributed by atoms with Crippen LogP contribution < -0.4 is 0 Å². The third kappa shape index (κ3) is 3.28. The summed E-state index contributed by atoms with van der Waals surface area (Å²) in [4.78, 5) is 17.1. The maximum absolute atomic E-state index is 12.8. The van der Waals surface area contributed by atoms with E-state index in [2.05, 4.69) is 41.3 Å². The zero-order valence-corrected chi connectivity index (χ0v) is 14.4. The predicted molar refractivity (Wildman–Crippen MR) is 98.1 cm³/mol. The molecule has 1 atom stereocenters. The average Bonchev–Trinajstić information content (AvgIpc) is 3.05. The number of hydrogen-bond acceptors (Lipinski definition) is 3. The lowest BCUT2D eigenvalue weighted by Gasteiger charge is -2.39. The number of carbonyl (C=O) groups excluding carboxylic acids is 1. The molecule has 0 N–H and O–H groups in total. The van der Waals surface area contributed by atoms with Crippen molar-refractivity contribution in [1.29, 1.82) is 0 Å². The molecule has 0 radical (unpaired) electrons. The molecule has 1 aromatic heterocycles. The molecule has 4 rings (SSSR count). The lowest BCUT2D eigenvalue weighted by atomic mass is 10.0. The quantitative estimate of drug-likeness (QED) is 0.739. The van der Waals surface area contributed by atoms with Crippen LogP contribution in [0.4, 0.5) is 0 Å². The van der Waals surface area contributed by atoms with E-state index in [1.807, 2.05) is 41.4 Å². The second-order valence-corrected chi connectivity index (χ2v) is 6.63. The molecule has 1 unspecified atom stereocenters. The summed E-state index contributed by atoms with van der Waals surface area (Å²) in [6.45, 7) is 2.66. The van der Waals surface area contributed by atoms with Gasteiger partial charge in [0.05, 0.1) is 11.6 Å². The van der Waals surface area contributed by atoms with Crippen LogP contribution in [0.25, 0.3) is 10.9 Å². The highest BCUT2D eigenvalue weighted by Crippen LogP contribution is 2.24. The normalized spacial score (nSPS) is 18.6. The number of piperazine rings is 1. The van der Waals surface area contributed by atoms with Crippen LogP contribution in [0.1, 0.15) is 11.6 Å². The number of rotatable bonds is 3. The van der Waals surface area contributed by atoms with E-state index < -0.39 is 0 Å². The highest BCUT2D eigenvalue weighted by Gasteiger charge is 2.28. The van der Waals surface area contributed by atoms with Crippen molar-refractivity contribution in [3.8, 4) is 0 Å². The van der Waals surface area contributed by atoms with Gasteiger partial charge < -0.3 is 4.90 Å². The van der Waals surface area contributed by atoms with Crippen LogP contribution in [0.15, 0.2) is 60.8 Å². The molecule has 0 bridgehead atoms. The number of aromatic nitrogens is 2. The summed E-state index contributed by atoms with van der Waals surface area (Å²) in [7, 11) is 2.12. The van der Waals surface area contributed by atoms with Crippen molar-refractivity contribution in [2.45, 2.75) is 12.6 Å². The molecule has 1 aliphatic rings. The Bertz CT molecular complexity index is 841. The highest BCUT2D eigenvalue weighted by molar-refractivity contribution is 5.80. The van der Waals surface area contributed by atoms with Gasteiger partial charge in [-0.25, -0.2) is 0 Å². The van der Waals surface area contributed by atoms with Crippen molar-refractivity contribution in [3.05, 3.63) is 66.4 Å². The molecule has 5 heteroatoms. The van der Waals surface area contributed by atoms with Gasteiger partial charge in [-0.3, -0.25) is 14.4 Å². The van der Waals surface area contributed by atoms with E-state index in [-0.39, 0.29) is 11.9 Å². The van der Waals surface area contributed by atoms with Crippen LogP contribution in [0.5, 0.6) is 0 Å². The summed E-state index contributed by atoms with van der Waals surface area (Å²) in [6, 6.07) is 18.6. The summed E-state index contributed by atoms with van der Waals surface area (Å²) < 4.78 is 1.75. The Morgan fingerprint density at radius 2 is 1.84 bits per heavy atom. The van der Waals surface area contributed by atoms with E-state index in [9.17, 15) is 4.79 Å². The first-order valence-corrected chi connectivity index (χ1v) is 8.66. The monoisotopic (exact) mass is 334 g/mol. The smallest absolute Gasteiger partial charge is 0.244 e. The molecule has 1 amide bonds. The number of likely N-dealkylation sites (N-methyl/N-ethyl adjacent to an activating group) is 1. The Kier molecular flexibility index (Phi) is 4.24. The van der Waals surface area contributed by atoms with Gasteiger partial charge in [-0.05, 0) is 18.7 Å². The van der Waals surface area contributed by atoms with Crippen LogP contribution >= 0.6 is 0 Å². The lowest BCUT2D eigenvalue weighted by molar-refractivity contribution is -0.134. The largest absolute Gasteiger partial charge is 0.338 e. The predicted octanol–water partition coefficient (Wildman–Crippen LogP) is 2.55. The Morgan fingerprint density at radius 3 is 2.64 bits per heavy atom. The van der Waals surface area contributed by atoms with E-state index in [0.29, 0.717) is 6.54 Å². The molecular weight excluding hydrogens is 312 g/mol. The zero-order chi connectivity index (χ0) is 17.2. The third-order valence-corrected chi connectivity index (χ3v) is 4.94. The molecular formula is C20H22N4O. The maximum atomic E-state index is 12.8. The summed E-state index contributed by atoms with van der Waals surface area (Å²) in [6.07, 6.45) is 1.94. The van der Waals surface area contributed by atoms with E-state index >= 15 is 0 Å². The second-order valence-electron chi connectivity index (χ2n) is 6.63. The van der Waals surface area contributed by atoms with Gasteiger partial charge >= 0.3 is 0 Å². The summed E-state index contributed by atoms with van der Waals surface area (Å²) >= 11 is 0. The first kappa shape index (κ1) is 15.8. The van der Waals surface area contributed by atoms with Gasteiger partial charge in [0.15, 0.2) is 0 Å². The van der Waals surface area contributed by atoms with Crippen molar-refractivity contribution in [2.24, 2.45) is 0 Å². The Labute approximate surface area is 147 Å². The van der Waals surface area contributed by atoms with Gasteiger partial charge in [-0.1, -0.05) is 48.5 Å². The molecule has 128 valence electrons. The molecule has 1 fully saturated rings. The fourth-order valence-electron chi connectivity index (χ4n) is 3.47. The fourth-order valence-corrected chi connectivity index (χ4v) is 3.47. The Balaban J connectivity index is 1.48. The van der Waals surface area contributed by atoms with Crippen molar-refractivity contribution >= 4 is 16.8 Å². The van der Waals surface area contributed by atoms with Gasteiger partial charge in [0.2, 0.25) is 5.91 Å². The van der Waals surface area contributed by atoms with Crippen molar-refractivity contribution in [1.82, 2.24) is 19.6 Å². The molecule has 2 aromatic carbocycles. The second kappa shape index (κ2) is 6.69. The van der Waals surface area contributed by atoms with Gasteiger partial charge in [0.1, 0.15) is 6.54 Å². The summed E-state index contributed by atoms with van der Waals surface area (Å²) in [5, 5.41) is 5.56. The van der Waals surface area contributed by atoms with Crippen molar-refractivity contribution in [2.75, 3.05) is 26.7 Å². The van der Waals surface area contributed by atoms with Gasteiger partial charge in [-0.15, -0.1) is 0 Å². The minimum atomic E-state index is 0.127. The lowest BCUT2D eigenvalue weighted by Crippen LogP contribution is -2.49. The fraction of sp³-hybridized carbons (Fsp3) is 0.300. The van der Waals surface area contributed by atoms with Crippen LogP contribution in [0.2, 0.25) is 0 Å². The number of amides is 1. The minimum Gasteiger partial charge on any atom is -0.338 e. The van der Waals surface area contributed by atoms with Gasteiger partial charge in [0, 0.05) is 31.2 Å². The van der Waals surface area contributed by atoms with Crippen LogP contribution in [0.3, 0.4) is 0 Å². The van der Waals surface area contributed by atoms with Crippen molar-refractivity contribution < 1.29 is 4.79 Å². The first-order valence-electron chi connectivity index (χ1n) is 8.66. The van der Waals surface area contributed by atoms with E-state index in [0.717, 1.165) is 30.5 Å². The molecule has 3 aromatic rings. The molecule has 1 aliphatic heterocycles. The van der Waals surface area contributed by atoms with Crippen molar-refractivity contribution in [3.63, 3.8) is 0 Å². The number of carbonyl (C=O) groups is 1. The molecule has 5 nitrogen and oxygen atoms in total.